The number of hydrogen-bond acceptors (Lipinski definition) is 4. The number of benzene rings is 2. The molecular formula is C17H12ClF3N2O3. The lowest BCUT2D eigenvalue weighted by Crippen LogP contribution is -2.16. The monoisotopic (exact) mass is 384 g/mol. The summed E-state index contributed by atoms with van der Waals surface area (Å²) < 4.78 is 39.9. The van der Waals surface area contributed by atoms with E-state index in [9.17, 15) is 18.0 Å². The molecule has 9 heteroatoms. The topological polar surface area (TPSA) is 73.9 Å². The van der Waals surface area contributed by atoms with Gasteiger partial charge < -0.3 is 15.3 Å². The van der Waals surface area contributed by atoms with Crippen molar-refractivity contribution >= 4 is 29.5 Å². The van der Waals surface area contributed by atoms with Gasteiger partial charge in [0.1, 0.15) is 5.75 Å². The van der Waals surface area contributed by atoms with Crippen molar-refractivity contribution in [3.8, 4) is 5.75 Å². The number of ether oxygens (including phenoxy) is 1. The summed E-state index contributed by atoms with van der Waals surface area (Å²) in [5.74, 6) is -1.19. The van der Waals surface area contributed by atoms with Gasteiger partial charge in [0.15, 0.2) is 5.84 Å². The molecule has 5 nitrogen and oxygen atoms in total. The normalized spacial score (nSPS) is 12.2. The Morgan fingerprint density at radius 3 is 2.27 bits per heavy atom. The Labute approximate surface area is 151 Å². The van der Waals surface area contributed by atoms with Crippen LogP contribution in [0.4, 0.5) is 13.2 Å². The lowest BCUT2D eigenvalue weighted by Gasteiger charge is -2.08. The molecule has 2 rings (SSSR count). The Balaban J connectivity index is 1.92. The van der Waals surface area contributed by atoms with Gasteiger partial charge >= 0.3 is 12.3 Å². The molecule has 0 spiro atoms. The van der Waals surface area contributed by atoms with Gasteiger partial charge in [0.25, 0.3) is 0 Å². The van der Waals surface area contributed by atoms with Crippen molar-refractivity contribution in [2.45, 2.75) is 6.36 Å². The maximum absolute atomic E-state index is 12.1. The van der Waals surface area contributed by atoms with Gasteiger partial charge in [-0.2, -0.15) is 0 Å². The Hall–Kier alpha value is -3.00. The van der Waals surface area contributed by atoms with E-state index in [-0.39, 0.29) is 11.6 Å². The van der Waals surface area contributed by atoms with Crippen molar-refractivity contribution in [1.29, 1.82) is 0 Å². The number of nitrogens with two attached hydrogens (primary N) is 1. The molecule has 26 heavy (non-hydrogen) atoms. The molecule has 2 aromatic rings. The minimum atomic E-state index is -4.76. The highest BCUT2D eigenvalue weighted by Gasteiger charge is 2.30. The van der Waals surface area contributed by atoms with E-state index in [0.29, 0.717) is 16.1 Å². The van der Waals surface area contributed by atoms with Crippen molar-refractivity contribution in [3.63, 3.8) is 0 Å². The van der Waals surface area contributed by atoms with Crippen LogP contribution in [0.1, 0.15) is 11.1 Å². The maximum Gasteiger partial charge on any atom is 0.573 e. The first-order valence-corrected chi connectivity index (χ1v) is 7.45. The Bertz CT molecular complexity index is 817. The number of alkyl halides is 3. The summed E-state index contributed by atoms with van der Waals surface area (Å²) in [4.78, 5) is 16.2. The molecule has 0 radical (unpaired) electrons. The number of nitrogens with zero attached hydrogens (tertiary/aromatic N) is 1. The highest BCUT2D eigenvalue weighted by molar-refractivity contribution is 6.30. The van der Waals surface area contributed by atoms with Crippen LogP contribution in [0, 0.1) is 0 Å². The van der Waals surface area contributed by atoms with Crippen molar-refractivity contribution in [1.82, 2.24) is 0 Å². The fraction of sp³-hybridized carbons (Fsp3) is 0.0588. The molecule has 0 aromatic heterocycles. The van der Waals surface area contributed by atoms with Gasteiger partial charge in [-0.15, -0.1) is 13.2 Å². The SMILES string of the molecule is NC(=NOC(=O)C=Cc1ccc(OC(F)(F)F)cc1)c1ccc(Cl)cc1. The number of halogens is 4. The zero-order chi connectivity index (χ0) is 19.2. The van der Waals surface area contributed by atoms with Gasteiger partial charge in [0.2, 0.25) is 0 Å². The number of carbonyl (C=O) groups is 1. The first-order chi connectivity index (χ1) is 12.2. The molecule has 136 valence electrons. The second-order valence-electron chi connectivity index (χ2n) is 4.84. The first-order valence-electron chi connectivity index (χ1n) is 7.07. The molecule has 0 amide bonds. The Morgan fingerprint density at radius 1 is 1.08 bits per heavy atom. The summed E-state index contributed by atoms with van der Waals surface area (Å²) in [5, 5.41) is 4.02. The first kappa shape index (κ1) is 19.3. The van der Waals surface area contributed by atoms with E-state index < -0.39 is 12.3 Å². The number of hydrogen-bond donors (Lipinski definition) is 1. The van der Waals surface area contributed by atoms with E-state index in [4.69, 9.17) is 17.3 Å². The van der Waals surface area contributed by atoms with Gasteiger partial charge in [0, 0.05) is 16.7 Å². The average molecular weight is 385 g/mol. The number of carbonyl (C=O) groups excluding carboxylic acids is 1. The summed E-state index contributed by atoms with van der Waals surface area (Å²) in [6.07, 6.45) is -2.37. The minimum absolute atomic E-state index is 0.0166. The molecule has 0 saturated carbocycles. The molecule has 0 saturated heterocycles. The summed E-state index contributed by atoms with van der Waals surface area (Å²) in [7, 11) is 0. The van der Waals surface area contributed by atoms with E-state index in [0.717, 1.165) is 18.2 Å². The van der Waals surface area contributed by atoms with Crippen LogP contribution >= 0.6 is 11.6 Å². The third-order valence-corrected chi connectivity index (χ3v) is 3.15. The highest BCUT2D eigenvalue weighted by Crippen LogP contribution is 2.23. The third kappa shape index (κ3) is 6.48. The van der Waals surface area contributed by atoms with Crippen LogP contribution in [-0.4, -0.2) is 18.2 Å². The summed E-state index contributed by atoms with van der Waals surface area (Å²) in [6, 6.07) is 11.3. The molecule has 0 unspecified atom stereocenters. The fourth-order valence-corrected chi connectivity index (χ4v) is 1.87. The quantitative estimate of drug-likeness (QED) is 0.277. The van der Waals surface area contributed by atoms with Gasteiger partial charge in [-0.25, -0.2) is 4.79 Å². The predicted octanol–water partition coefficient (Wildman–Crippen LogP) is 4.12. The zero-order valence-corrected chi connectivity index (χ0v) is 13.8. The van der Waals surface area contributed by atoms with Gasteiger partial charge in [-0.1, -0.05) is 28.9 Å². The molecule has 0 aliphatic rings. The molecule has 0 bridgehead atoms. The number of amidine groups is 1. The van der Waals surface area contributed by atoms with E-state index in [2.05, 4.69) is 14.7 Å². The van der Waals surface area contributed by atoms with Crippen LogP contribution in [0.3, 0.4) is 0 Å². The fourth-order valence-electron chi connectivity index (χ4n) is 1.74. The largest absolute Gasteiger partial charge is 0.573 e. The number of rotatable bonds is 5. The van der Waals surface area contributed by atoms with Crippen LogP contribution in [-0.2, 0) is 9.63 Å². The molecule has 0 atom stereocenters. The second kappa shape index (κ2) is 8.39. The van der Waals surface area contributed by atoms with E-state index in [1.807, 2.05) is 0 Å². The van der Waals surface area contributed by atoms with E-state index >= 15 is 0 Å². The molecule has 0 aliphatic carbocycles. The third-order valence-electron chi connectivity index (χ3n) is 2.90. The molecule has 2 N–H and O–H groups in total. The van der Waals surface area contributed by atoms with Crippen molar-refractivity contribution < 1.29 is 27.5 Å². The summed E-state index contributed by atoms with van der Waals surface area (Å²) >= 11 is 5.75. The molecule has 0 aliphatic heterocycles. The summed E-state index contributed by atoms with van der Waals surface area (Å²) in [6.45, 7) is 0. The van der Waals surface area contributed by atoms with Crippen LogP contribution in [0.25, 0.3) is 6.08 Å². The molecular weight excluding hydrogens is 373 g/mol. The zero-order valence-electron chi connectivity index (χ0n) is 13.0. The van der Waals surface area contributed by atoms with Crippen molar-refractivity contribution in [3.05, 3.63) is 70.8 Å². The van der Waals surface area contributed by atoms with Gasteiger partial charge in [0.05, 0.1) is 0 Å². The molecule has 0 heterocycles. The lowest BCUT2D eigenvalue weighted by molar-refractivity contribution is -0.274. The Kier molecular flexibility index (Phi) is 6.24. The van der Waals surface area contributed by atoms with Crippen LogP contribution in [0.5, 0.6) is 5.75 Å². The van der Waals surface area contributed by atoms with Crippen LogP contribution in [0.15, 0.2) is 59.8 Å². The lowest BCUT2D eigenvalue weighted by atomic mass is 10.2. The van der Waals surface area contributed by atoms with Gasteiger partial charge in [-0.3, -0.25) is 0 Å². The molecule has 0 fully saturated rings. The standard InChI is InChI=1S/C17H12ClF3N2O3/c18-13-6-4-12(5-7-13)16(22)23-26-15(24)10-3-11-1-8-14(9-2-11)25-17(19,20)21/h1-10H,(H2,22,23). The van der Waals surface area contributed by atoms with E-state index in [1.165, 1.54) is 18.2 Å². The van der Waals surface area contributed by atoms with Crippen molar-refractivity contribution in [2.75, 3.05) is 0 Å². The van der Waals surface area contributed by atoms with Crippen LogP contribution in [0.2, 0.25) is 5.02 Å². The van der Waals surface area contributed by atoms with Crippen LogP contribution < -0.4 is 10.5 Å². The predicted molar refractivity (Wildman–Crippen MR) is 90.4 cm³/mol. The van der Waals surface area contributed by atoms with Gasteiger partial charge in [-0.05, 0) is 48.0 Å². The highest BCUT2D eigenvalue weighted by atomic mass is 35.5. The maximum atomic E-state index is 12.1. The Morgan fingerprint density at radius 2 is 1.69 bits per heavy atom. The minimum Gasteiger partial charge on any atom is -0.406 e. The second-order valence-corrected chi connectivity index (χ2v) is 5.28. The smallest absolute Gasteiger partial charge is 0.406 e. The average Bonchev–Trinajstić information content (AvgIpc) is 2.58. The van der Waals surface area contributed by atoms with E-state index in [1.54, 1.807) is 24.3 Å². The summed E-state index contributed by atoms with van der Waals surface area (Å²) in [5.41, 5.74) is 6.65. The van der Waals surface area contributed by atoms with Crippen molar-refractivity contribution in [2.24, 2.45) is 10.9 Å². The molecule has 2 aromatic carbocycles. The number of oxime groups is 1.